The molecule has 2 heterocycles. The minimum Gasteiger partial charge on any atom is -0.508 e. The van der Waals surface area contributed by atoms with Gasteiger partial charge in [0.15, 0.2) is 0 Å². The molecule has 0 unspecified atom stereocenters. The van der Waals surface area contributed by atoms with Crippen LogP contribution >= 0.6 is 11.3 Å². The molecule has 5 heteroatoms. The molecule has 25 heavy (non-hydrogen) atoms. The molecule has 2 aromatic carbocycles. The van der Waals surface area contributed by atoms with Gasteiger partial charge >= 0.3 is 0 Å². The molecule has 4 nitrogen and oxygen atoms in total. The highest BCUT2D eigenvalue weighted by atomic mass is 32.1. The van der Waals surface area contributed by atoms with Crippen molar-refractivity contribution in [2.24, 2.45) is 0 Å². The average Bonchev–Trinajstić information content (AvgIpc) is 3.12. The Morgan fingerprint density at radius 1 is 1.20 bits per heavy atom. The molecular weight excluding hydrogens is 334 g/mol. The smallest absolute Gasteiger partial charge is 0.202 e. The summed E-state index contributed by atoms with van der Waals surface area (Å²) in [7, 11) is 0. The van der Waals surface area contributed by atoms with Crippen LogP contribution in [0.3, 0.4) is 0 Å². The van der Waals surface area contributed by atoms with Gasteiger partial charge in [0.05, 0.1) is 16.6 Å². The fourth-order valence-electron chi connectivity index (χ4n) is 2.78. The van der Waals surface area contributed by atoms with Crippen LogP contribution in [-0.4, -0.2) is 10.1 Å². The quantitative estimate of drug-likeness (QED) is 0.574. The molecule has 0 spiro atoms. The first-order valence-corrected chi connectivity index (χ1v) is 8.84. The SMILES string of the molecule is CCc1cc2c(=O)c(-c3nc(-c4ccccc4)cs3)coc2cc1O. The van der Waals surface area contributed by atoms with Crippen LogP contribution in [0.15, 0.2) is 63.3 Å². The summed E-state index contributed by atoms with van der Waals surface area (Å²) in [6.45, 7) is 1.93. The summed E-state index contributed by atoms with van der Waals surface area (Å²) >= 11 is 1.41. The molecule has 1 N–H and O–H groups in total. The molecular formula is C20H15NO3S. The van der Waals surface area contributed by atoms with Gasteiger partial charge in [-0.3, -0.25) is 4.79 Å². The monoisotopic (exact) mass is 349 g/mol. The van der Waals surface area contributed by atoms with Crippen molar-refractivity contribution in [1.29, 1.82) is 0 Å². The molecule has 0 bridgehead atoms. The zero-order chi connectivity index (χ0) is 17.4. The number of hydrogen-bond acceptors (Lipinski definition) is 5. The summed E-state index contributed by atoms with van der Waals surface area (Å²) in [6.07, 6.45) is 2.06. The molecule has 0 aliphatic rings. The molecule has 0 saturated heterocycles. The van der Waals surface area contributed by atoms with Crippen molar-refractivity contribution >= 4 is 22.3 Å². The standard InChI is InChI=1S/C20H15NO3S/c1-2-12-8-14-18(9-17(12)22)24-10-15(19(14)23)20-21-16(11-25-20)13-6-4-3-5-7-13/h3-11,22H,2H2,1H3. The highest BCUT2D eigenvalue weighted by molar-refractivity contribution is 7.13. The van der Waals surface area contributed by atoms with Gasteiger partial charge in [0.25, 0.3) is 0 Å². The van der Waals surface area contributed by atoms with Gasteiger partial charge in [-0.25, -0.2) is 4.98 Å². The van der Waals surface area contributed by atoms with E-state index < -0.39 is 0 Å². The van der Waals surface area contributed by atoms with Gasteiger partial charge in [-0.15, -0.1) is 11.3 Å². The van der Waals surface area contributed by atoms with E-state index in [4.69, 9.17) is 4.42 Å². The van der Waals surface area contributed by atoms with Crippen molar-refractivity contribution in [1.82, 2.24) is 4.98 Å². The topological polar surface area (TPSA) is 63.3 Å². The largest absolute Gasteiger partial charge is 0.508 e. The molecule has 0 fully saturated rings. The summed E-state index contributed by atoms with van der Waals surface area (Å²) in [5.41, 5.74) is 3.25. The van der Waals surface area contributed by atoms with E-state index in [0.717, 1.165) is 16.8 Å². The van der Waals surface area contributed by atoms with Crippen molar-refractivity contribution in [3.63, 3.8) is 0 Å². The normalized spacial score (nSPS) is 11.1. The number of hydrogen-bond donors (Lipinski definition) is 1. The average molecular weight is 349 g/mol. The van der Waals surface area contributed by atoms with Crippen molar-refractivity contribution in [2.45, 2.75) is 13.3 Å². The molecule has 0 radical (unpaired) electrons. The van der Waals surface area contributed by atoms with Crippen LogP contribution in [0.1, 0.15) is 12.5 Å². The Morgan fingerprint density at radius 3 is 2.76 bits per heavy atom. The lowest BCUT2D eigenvalue weighted by Gasteiger charge is -2.05. The van der Waals surface area contributed by atoms with Crippen LogP contribution in [0.25, 0.3) is 32.8 Å². The Kier molecular flexibility index (Phi) is 3.86. The van der Waals surface area contributed by atoms with E-state index in [1.54, 1.807) is 6.07 Å². The van der Waals surface area contributed by atoms with Gasteiger partial charge in [-0.05, 0) is 18.1 Å². The Labute approximate surface area is 148 Å². The lowest BCUT2D eigenvalue weighted by molar-refractivity contribution is 0.467. The highest BCUT2D eigenvalue weighted by Crippen LogP contribution is 2.30. The molecule has 124 valence electrons. The number of benzene rings is 2. The van der Waals surface area contributed by atoms with Crippen molar-refractivity contribution in [3.05, 3.63) is 69.9 Å². The minimum atomic E-state index is -0.134. The third-order valence-corrected chi connectivity index (χ3v) is 5.03. The predicted molar refractivity (Wildman–Crippen MR) is 100 cm³/mol. The molecule has 2 aromatic heterocycles. The molecule has 4 aromatic rings. The third kappa shape index (κ3) is 2.72. The van der Waals surface area contributed by atoms with E-state index >= 15 is 0 Å². The summed E-state index contributed by atoms with van der Waals surface area (Å²) in [4.78, 5) is 17.5. The number of fused-ring (bicyclic) bond motifs is 1. The first-order chi connectivity index (χ1) is 12.2. The van der Waals surface area contributed by atoms with Crippen LogP contribution in [0.4, 0.5) is 0 Å². The molecule has 0 amide bonds. The van der Waals surface area contributed by atoms with Gasteiger partial charge in [-0.1, -0.05) is 37.3 Å². The molecule has 0 atom stereocenters. The van der Waals surface area contributed by atoms with Gasteiger partial charge in [-0.2, -0.15) is 0 Å². The number of aromatic nitrogens is 1. The van der Waals surface area contributed by atoms with Crippen LogP contribution in [0.5, 0.6) is 5.75 Å². The maximum Gasteiger partial charge on any atom is 0.202 e. The maximum absolute atomic E-state index is 12.9. The highest BCUT2D eigenvalue weighted by Gasteiger charge is 2.15. The van der Waals surface area contributed by atoms with Gasteiger partial charge < -0.3 is 9.52 Å². The first-order valence-electron chi connectivity index (χ1n) is 7.96. The minimum absolute atomic E-state index is 0.134. The van der Waals surface area contributed by atoms with Crippen LogP contribution in [0, 0.1) is 0 Å². The van der Waals surface area contributed by atoms with Crippen LogP contribution < -0.4 is 5.43 Å². The Bertz CT molecular complexity index is 1110. The summed E-state index contributed by atoms with van der Waals surface area (Å²) in [6, 6.07) is 13.0. The number of aromatic hydroxyl groups is 1. The number of nitrogens with zero attached hydrogens (tertiary/aromatic N) is 1. The van der Waals surface area contributed by atoms with Crippen LogP contribution in [-0.2, 0) is 6.42 Å². The van der Waals surface area contributed by atoms with Gasteiger partial charge in [0.2, 0.25) is 5.43 Å². The van der Waals surface area contributed by atoms with Crippen molar-refractivity contribution < 1.29 is 9.52 Å². The van der Waals surface area contributed by atoms with E-state index in [-0.39, 0.29) is 11.2 Å². The number of aryl methyl sites for hydroxylation is 1. The predicted octanol–water partition coefficient (Wildman–Crippen LogP) is 4.85. The van der Waals surface area contributed by atoms with Crippen molar-refractivity contribution in [3.8, 4) is 27.6 Å². The summed E-state index contributed by atoms with van der Waals surface area (Å²) < 4.78 is 5.58. The second-order valence-corrected chi connectivity index (χ2v) is 6.57. The zero-order valence-electron chi connectivity index (χ0n) is 13.5. The fraction of sp³-hybridized carbons (Fsp3) is 0.100. The second kappa shape index (κ2) is 6.18. The third-order valence-electron chi connectivity index (χ3n) is 4.16. The fourth-order valence-corrected chi connectivity index (χ4v) is 3.61. The van der Waals surface area contributed by atoms with E-state index in [0.29, 0.717) is 28.0 Å². The molecule has 0 aliphatic carbocycles. The first kappa shape index (κ1) is 15.6. The second-order valence-electron chi connectivity index (χ2n) is 5.71. The zero-order valence-corrected chi connectivity index (χ0v) is 14.3. The van der Waals surface area contributed by atoms with E-state index in [1.807, 2.05) is 42.6 Å². The number of phenols is 1. The lowest BCUT2D eigenvalue weighted by atomic mass is 10.1. The van der Waals surface area contributed by atoms with Gasteiger partial charge in [0.1, 0.15) is 22.6 Å². The Hall–Kier alpha value is -2.92. The number of phenolic OH excluding ortho intramolecular Hbond substituents is 1. The Morgan fingerprint density at radius 2 is 2.00 bits per heavy atom. The lowest BCUT2D eigenvalue weighted by Crippen LogP contribution is -2.05. The number of rotatable bonds is 3. The summed E-state index contributed by atoms with van der Waals surface area (Å²) in [5.74, 6) is 0.145. The summed E-state index contributed by atoms with van der Waals surface area (Å²) in [5, 5.41) is 13.0. The van der Waals surface area contributed by atoms with E-state index in [9.17, 15) is 9.90 Å². The van der Waals surface area contributed by atoms with Gasteiger partial charge in [0, 0.05) is 17.0 Å². The molecule has 0 aliphatic heterocycles. The maximum atomic E-state index is 12.9. The van der Waals surface area contributed by atoms with E-state index in [1.165, 1.54) is 23.7 Å². The molecule has 4 rings (SSSR count). The van der Waals surface area contributed by atoms with E-state index in [2.05, 4.69) is 4.98 Å². The Balaban J connectivity index is 1.85. The molecule has 0 saturated carbocycles. The number of thiazole rings is 1. The van der Waals surface area contributed by atoms with Crippen LogP contribution in [0.2, 0.25) is 0 Å². The van der Waals surface area contributed by atoms with Crippen molar-refractivity contribution in [2.75, 3.05) is 0 Å².